The number of likely N-dealkylation sites (tertiary alicyclic amines) is 1. The van der Waals surface area contributed by atoms with Crippen LogP contribution in [0.4, 0.5) is 0 Å². The first-order valence-electron chi connectivity index (χ1n) is 7.18. The number of rotatable bonds is 3. The fourth-order valence-electron chi connectivity index (χ4n) is 2.46. The van der Waals surface area contributed by atoms with Gasteiger partial charge in [0.15, 0.2) is 5.82 Å². The van der Waals surface area contributed by atoms with E-state index in [1.165, 1.54) is 19.3 Å². The SMILES string of the molecule is CC(C)(C)c1nc(CN2CCCCCC2CO)no1. The van der Waals surface area contributed by atoms with Gasteiger partial charge in [-0.3, -0.25) is 4.90 Å². The van der Waals surface area contributed by atoms with E-state index in [-0.39, 0.29) is 18.1 Å². The average Bonchev–Trinajstić information content (AvgIpc) is 2.70. The first-order valence-corrected chi connectivity index (χ1v) is 7.18. The van der Waals surface area contributed by atoms with Gasteiger partial charge in [-0.05, 0) is 19.4 Å². The third kappa shape index (κ3) is 3.76. The Bertz CT molecular complexity index is 398. The monoisotopic (exact) mass is 267 g/mol. The van der Waals surface area contributed by atoms with Crippen LogP contribution >= 0.6 is 0 Å². The van der Waals surface area contributed by atoms with Crippen LogP contribution in [0.1, 0.15) is 58.2 Å². The molecule has 1 saturated heterocycles. The Hall–Kier alpha value is -0.940. The third-order valence-corrected chi connectivity index (χ3v) is 3.66. The van der Waals surface area contributed by atoms with E-state index in [0.29, 0.717) is 12.4 Å². The normalized spacial score (nSPS) is 22.4. The molecule has 0 saturated carbocycles. The maximum Gasteiger partial charge on any atom is 0.232 e. The number of nitrogens with zero attached hydrogens (tertiary/aromatic N) is 3. The van der Waals surface area contributed by atoms with Gasteiger partial charge in [-0.1, -0.05) is 38.8 Å². The molecule has 1 N–H and O–H groups in total. The molecule has 1 atom stereocenters. The van der Waals surface area contributed by atoms with Crippen LogP contribution < -0.4 is 0 Å². The van der Waals surface area contributed by atoms with E-state index in [2.05, 4.69) is 35.8 Å². The van der Waals surface area contributed by atoms with Crippen molar-refractivity contribution in [1.29, 1.82) is 0 Å². The predicted octanol–water partition coefficient (Wildman–Crippen LogP) is 2.10. The second-order valence-electron chi connectivity index (χ2n) is 6.42. The van der Waals surface area contributed by atoms with Crippen LogP contribution in [0, 0.1) is 0 Å². The highest BCUT2D eigenvalue weighted by Crippen LogP contribution is 2.22. The van der Waals surface area contributed by atoms with Crippen LogP contribution in [0.15, 0.2) is 4.52 Å². The summed E-state index contributed by atoms with van der Waals surface area (Å²) >= 11 is 0. The second kappa shape index (κ2) is 6.01. The topological polar surface area (TPSA) is 62.4 Å². The van der Waals surface area contributed by atoms with E-state index in [1.54, 1.807) is 0 Å². The van der Waals surface area contributed by atoms with Crippen molar-refractivity contribution in [1.82, 2.24) is 15.0 Å². The molecule has 1 aromatic rings. The smallest absolute Gasteiger partial charge is 0.232 e. The van der Waals surface area contributed by atoms with Crippen LogP contribution in [0.25, 0.3) is 0 Å². The Balaban J connectivity index is 2.04. The molecule has 1 aliphatic rings. The van der Waals surface area contributed by atoms with Crippen LogP contribution in [-0.4, -0.2) is 39.3 Å². The van der Waals surface area contributed by atoms with E-state index in [1.807, 2.05) is 0 Å². The molecule has 2 rings (SSSR count). The average molecular weight is 267 g/mol. The van der Waals surface area contributed by atoms with Crippen molar-refractivity contribution in [2.24, 2.45) is 0 Å². The zero-order valence-electron chi connectivity index (χ0n) is 12.2. The van der Waals surface area contributed by atoms with Gasteiger partial charge < -0.3 is 9.63 Å². The number of hydrogen-bond donors (Lipinski definition) is 1. The number of hydrogen-bond acceptors (Lipinski definition) is 5. The maximum absolute atomic E-state index is 9.49. The molecular formula is C14H25N3O2. The van der Waals surface area contributed by atoms with Gasteiger partial charge in [0, 0.05) is 11.5 Å². The van der Waals surface area contributed by atoms with Crippen LogP contribution in [0.2, 0.25) is 0 Å². The lowest BCUT2D eigenvalue weighted by Gasteiger charge is -2.26. The third-order valence-electron chi connectivity index (χ3n) is 3.66. The molecule has 1 unspecified atom stereocenters. The molecule has 19 heavy (non-hydrogen) atoms. The van der Waals surface area contributed by atoms with Gasteiger partial charge in [0.25, 0.3) is 0 Å². The quantitative estimate of drug-likeness (QED) is 0.908. The van der Waals surface area contributed by atoms with Gasteiger partial charge >= 0.3 is 0 Å². The fourth-order valence-corrected chi connectivity index (χ4v) is 2.46. The van der Waals surface area contributed by atoms with Gasteiger partial charge in [0.2, 0.25) is 5.89 Å². The van der Waals surface area contributed by atoms with Crippen molar-refractivity contribution in [3.8, 4) is 0 Å². The number of aliphatic hydroxyl groups excluding tert-OH is 1. The Morgan fingerprint density at radius 2 is 2.11 bits per heavy atom. The molecular weight excluding hydrogens is 242 g/mol. The highest BCUT2D eigenvalue weighted by Gasteiger charge is 2.25. The van der Waals surface area contributed by atoms with Crippen LogP contribution in [0.5, 0.6) is 0 Å². The summed E-state index contributed by atoms with van der Waals surface area (Å²) in [6.45, 7) is 8.08. The summed E-state index contributed by atoms with van der Waals surface area (Å²) in [7, 11) is 0. The molecule has 1 aliphatic heterocycles. The van der Waals surface area contributed by atoms with Crippen molar-refractivity contribution in [2.75, 3.05) is 13.2 Å². The lowest BCUT2D eigenvalue weighted by molar-refractivity contribution is 0.115. The van der Waals surface area contributed by atoms with Gasteiger partial charge in [-0.2, -0.15) is 4.98 Å². The highest BCUT2D eigenvalue weighted by molar-refractivity contribution is 4.98. The standard InChI is InChI=1S/C14H25N3O2/c1-14(2,3)13-15-12(16-19-13)9-17-8-6-4-5-7-11(17)10-18/h11,18H,4-10H2,1-3H3. The largest absolute Gasteiger partial charge is 0.395 e. The van der Waals surface area contributed by atoms with Crippen LogP contribution in [-0.2, 0) is 12.0 Å². The Morgan fingerprint density at radius 1 is 1.32 bits per heavy atom. The summed E-state index contributed by atoms with van der Waals surface area (Å²) in [4.78, 5) is 6.76. The fraction of sp³-hybridized carbons (Fsp3) is 0.857. The molecule has 108 valence electrons. The van der Waals surface area contributed by atoms with E-state index in [4.69, 9.17) is 4.52 Å². The van der Waals surface area contributed by atoms with E-state index in [9.17, 15) is 5.11 Å². The first kappa shape index (κ1) is 14.5. The summed E-state index contributed by atoms with van der Waals surface area (Å²) in [5.41, 5.74) is -0.111. The molecule has 0 radical (unpaired) electrons. The summed E-state index contributed by atoms with van der Waals surface area (Å²) < 4.78 is 5.32. The van der Waals surface area contributed by atoms with Gasteiger partial charge in [-0.25, -0.2) is 0 Å². The summed E-state index contributed by atoms with van der Waals surface area (Å²) in [6.07, 6.45) is 4.68. The lowest BCUT2D eigenvalue weighted by Crippen LogP contribution is -2.37. The van der Waals surface area contributed by atoms with Crippen molar-refractivity contribution in [3.05, 3.63) is 11.7 Å². The molecule has 0 aromatic carbocycles. The van der Waals surface area contributed by atoms with E-state index < -0.39 is 0 Å². The molecule has 5 nitrogen and oxygen atoms in total. The zero-order valence-corrected chi connectivity index (χ0v) is 12.2. The van der Waals surface area contributed by atoms with Crippen molar-refractivity contribution >= 4 is 0 Å². The Labute approximate surface area is 115 Å². The van der Waals surface area contributed by atoms with Gasteiger partial charge in [0.1, 0.15) is 0 Å². The van der Waals surface area contributed by atoms with Crippen molar-refractivity contribution in [3.63, 3.8) is 0 Å². The molecule has 1 fully saturated rings. The van der Waals surface area contributed by atoms with Crippen molar-refractivity contribution in [2.45, 2.75) is 64.5 Å². The number of aromatic nitrogens is 2. The molecule has 0 amide bonds. The Kier molecular flexibility index (Phi) is 4.58. The minimum absolute atomic E-state index is 0.111. The van der Waals surface area contributed by atoms with Gasteiger partial charge in [0.05, 0.1) is 13.2 Å². The first-order chi connectivity index (χ1) is 9.00. The maximum atomic E-state index is 9.49. The van der Waals surface area contributed by atoms with Crippen molar-refractivity contribution < 1.29 is 9.63 Å². The van der Waals surface area contributed by atoms with Crippen LogP contribution in [0.3, 0.4) is 0 Å². The molecule has 2 heterocycles. The minimum Gasteiger partial charge on any atom is -0.395 e. The van der Waals surface area contributed by atoms with Gasteiger partial charge in [-0.15, -0.1) is 0 Å². The van der Waals surface area contributed by atoms with E-state index in [0.717, 1.165) is 18.8 Å². The molecule has 1 aromatic heterocycles. The summed E-state index contributed by atoms with van der Waals surface area (Å²) in [5, 5.41) is 13.6. The predicted molar refractivity (Wildman–Crippen MR) is 72.7 cm³/mol. The number of aliphatic hydroxyl groups is 1. The van der Waals surface area contributed by atoms with E-state index >= 15 is 0 Å². The molecule has 0 spiro atoms. The summed E-state index contributed by atoms with van der Waals surface area (Å²) in [6, 6.07) is 0.235. The highest BCUT2D eigenvalue weighted by atomic mass is 16.5. The molecule has 0 bridgehead atoms. The molecule has 0 aliphatic carbocycles. The Morgan fingerprint density at radius 3 is 2.74 bits per heavy atom. The molecule has 5 heteroatoms. The summed E-state index contributed by atoms with van der Waals surface area (Å²) in [5.74, 6) is 1.41. The second-order valence-corrected chi connectivity index (χ2v) is 6.42. The minimum atomic E-state index is -0.111. The zero-order chi connectivity index (χ0) is 13.9. The lowest BCUT2D eigenvalue weighted by atomic mass is 9.97.